The summed E-state index contributed by atoms with van der Waals surface area (Å²) in [5, 5.41) is 11.9. The van der Waals surface area contributed by atoms with Gasteiger partial charge in [-0.3, -0.25) is 0 Å². The number of rotatable bonds is 18. The van der Waals surface area contributed by atoms with Crippen LogP contribution in [-0.4, -0.2) is 77.1 Å². The van der Waals surface area contributed by atoms with Gasteiger partial charge < -0.3 is 38.4 Å². The zero-order chi connectivity index (χ0) is 35.3. The third-order valence-electron chi connectivity index (χ3n) is 8.94. The van der Waals surface area contributed by atoms with Gasteiger partial charge in [-0.2, -0.15) is 0 Å². The topological polar surface area (TPSA) is 95.9 Å². The van der Waals surface area contributed by atoms with Crippen molar-refractivity contribution in [1.82, 2.24) is 4.90 Å². The van der Waals surface area contributed by atoms with Gasteiger partial charge in [0.2, 0.25) is 0 Å². The first-order chi connectivity index (χ1) is 24.2. The van der Waals surface area contributed by atoms with Gasteiger partial charge in [-0.15, -0.1) is 0 Å². The highest BCUT2D eigenvalue weighted by Crippen LogP contribution is 2.33. The molecule has 50 heavy (non-hydrogen) atoms. The lowest BCUT2D eigenvalue weighted by Gasteiger charge is -2.37. The zero-order valence-electron chi connectivity index (χ0n) is 29.8. The number of nitrogens with zero attached hydrogens (tertiary/aromatic N) is 1. The molecule has 0 aromatic heterocycles. The van der Waals surface area contributed by atoms with Crippen LogP contribution >= 0.6 is 0 Å². The number of benzene rings is 4. The molecule has 9 nitrogen and oxygen atoms in total. The van der Waals surface area contributed by atoms with Crippen LogP contribution in [0.1, 0.15) is 35.4 Å². The Morgan fingerprint density at radius 2 is 1.62 bits per heavy atom. The lowest BCUT2D eigenvalue weighted by atomic mass is 9.87. The normalized spacial score (nSPS) is 16.4. The number of carbonyl (C=O) groups is 1. The highest BCUT2D eigenvalue weighted by atomic mass is 28.3. The summed E-state index contributed by atoms with van der Waals surface area (Å²) in [7, 11) is 0.523. The summed E-state index contributed by atoms with van der Waals surface area (Å²) in [5.74, 6) is 2.44. The number of hydrogen-bond acceptors (Lipinski definition) is 7. The number of ether oxygens (including phenoxy) is 6. The van der Waals surface area contributed by atoms with Gasteiger partial charge in [0.05, 0.1) is 46.2 Å². The van der Waals surface area contributed by atoms with Gasteiger partial charge in [0.1, 0.15) is 17.2 Å². The maximum Gasteiger partial charge on any atom is 0.407 e. The maximum atomic E-state index is 11.9. The molecule has 2 atom stereocenters. The van der Waals surface area contributed by atoms with E-state index in [-0.39, 0.29) is 18.8 Å². The van der Waals surface area contributed by atoms with Gasteiger partial charge in [0, 0.05) is 39.1 Å². The summed E-state index contributed by atoms with van der Waals surface area (Å²) in [4.78, 5) is 13.3. The molecule has 1 heterocycles. The first-order valence-corrected chi connectivity index (χ1v) is 21.1. The number of amides is 1. The highest BCUT2D eigenvalue weighted by Gasteiger charge is 2.33. The monoisotopic (exact) mass is 701 g/mol. The molecular formula is C40H51NO8Si. The van der Waals surface area contributed by atoms with Crippen LogP contribution in [0.3, 0.4) is 0 Å². The zero-order valence-corrected chi connectivity index (χ0v) is 30.8. The fraction of sp³-hybridized carbons (Fsp3) is 0.425. The molecule has 4 aromatic carbocycles. The minimum absolute atomic E-state index is 0.0597. The molecule has 10 heteroatoms. The minimum Gasteiger partial charge on any atom is -0.496 e. The molecule has 1 amide bonds. The van der Waals surface area contributed by atoms with Crippen molar-refractivity contribution in [2.45, 2.75) is 63.8 Å². The molecule has 0 saturated carbocycles. The molecule has 1 aliphatic rings. The number of hydrogen-bond donors (Lipinski definition) is 1. The van der Waals surface area contributed by atoms with Crippen molar-refractivity contribution in [3.63, 3.8) is 0 Å². The minimum atomic E-state index is -1.14. The molecule has 0 bridgehead atoms. The van der Waals surface area contributed by atoms with Crippen LogP contribution in [-0.2, 0) is 27.4 Å². The van der Waals surface area contributed by atoms with Gasteiger partial charge in [0.15, 0.2) is 6.79 Å². The lowest BCUT2D eigenvalue weighted by Crippen LogP contribution is -2.46. The number of piperidine rings is 1. The largest absolute Gasteiger partial charge is 0.496 e. The Hall–Kier alpha value is -4.09. The lowest BCUT2D eigenvalue weighted by molar-refractivity contribution is -0.0199. The average Bonchev–Trinajstić information content (AvgIpc) is 3.11. The molecule has 0 spiro atoms. The van der Waals surface area contributed by atoms with Crippen molar-refractivity contribution >= 4 is 24.9 Å². The predicted molar refractivity (Wildman–Crippen MR) is 198 cm³/mol. The van der Waals surface area contributed by atoms with Gasteiger partial charge in [-0.25, -0.2) is 4.79 Å². The Labute approximate surface area is 297 Å². The van der Waals surface area contributed by atoms with Crippen LogP contribution in [0.4, 0.5) is 4.79 Å². The summed E-state index contributed by atoms with van der Waals surface area (Å²) < 4.78 is 35.3. The van der Waals surface area contributed by atoms with E-state index in [1.807, 2.05) is 54.6 Å². The summed E-state index contributed by atoms with van der Waals surface area (Å²) >= 11 is 0. The number of likely N-dealkylation sites (tertiary alicyclic amines) is 1. The Bertz CT molecular complexity index is 1660. The highest BCUT2D eigenvalue weighted by molar-refractivity contribution is 6.76. The number of fused-ring (bicyclic) bond motifs is 1. The van der Waals surface area contributed by atoms with E-state index in [1.54, 1.807) is 7.11 Å². The van der Waals surface area contributed by atoms with Crippen LogP contribution in [0.25, 0.3) is 10.8 Å². The number of carboxylic acid groups (broad SMARTS) is 1. The maximum absolute atomic E-state index is 11.9. The average molecular weight is 702 g/mol. The predicted octanol–water partition coefficient (Wildman–Crippen LogP) is 8.58. The molecule has 0 unspecified atom stereocenters. The second kappa shape index (κ2) is 18.2. The second-order valence-electron chi connectivity index (χ2n) is 13.9. The SMILES string of the molecule is COc1ccccc1COCCCOc1ccc([C@H]2CCN(C(=O)O)C[C@@H]2OCc2ccc3ccc(OCOCC[Si](C)(C)C)cc3c2)cc1. The fourth-order valence-electron chi connectivity index (χ4n) is 6.01. The first kappa shape index (κ1) is 37.2. The van der Waals surface area contributed by atoms with E-state index < -0.39 is 14.2 Å². The molecule has 268 valence electrons. The number of methoxy groups -OCH3 is 1. The standard InChI is InChI=1S/C40H51NO8Si/c1-44-38-9-6-5-8-33(38)28-45-20-7-21-47-35-15-13-32(14-16-35)37-18-19-41(40(42)43)26-39(37)48-27-30-10-11-31-12-17-36(25-34(31)24-30)49-29-46-22-23-50(2,3)4/h5-6,8-17,24-25,37,39H,7,18-23,26-29H2,1-4H3,(H,42,43)/t37-,39+/m1/s1. The van der Waals surface area contributed by atoms with E-state index >= 15 is 0 Å². The van der Waals surface area contributed by atoms with Crippen molar-refractivity contribution in [3.05, 3.63) is 102 Å². The Balaban J connectivity index is 1.13. The van der Waals surface area contributed by atoms with Gasteiger partial charge >= 0.3 is 6.09 Å². The quantitative estimate of drug-likeness (QED) is 0.0627. The van der Waals surface area contributed by atoms with Gasteiger partial charge in [-0.1, -0.05) is 68.2 Å². The molecule has 1 aliphatic heterocycles. The molecule has 5 rings (SSSR count). The van der Waals surface area contributed by atoms with Crippen LogP contribution in [0.2, 0.25) is 25.7 Å². The second-order valence-corrected chi connectivity index (χ2v) is 19.6. The van der Waals surface area contributed by atoms with Crippen molar-refractivity contribution in [3.8, 4) is 17.2 Å². The summed E-state index contributed by atoms with van der Waals surface area (Å²) in [5.41, 5.74) is 3.15. The van der Waals surface area contributed by atoms with Crippen molar-refractivity contribution in [2.24, 2.45) is 0 Å². The van der Waals surface area contributed by atoms with E-state index in [0.717, 1.165) is 57.2 Å². The van der Waals surface area contributed by atoms with Crippen LogP contribution in [0, 0.1) is 0 Å². The van der Waals surface area contributed by atoms with E-state index in [4.69, 9.17) is 28.4 Å². The van der Waals surface area contributed by atoms with E-state index in [9.17, 15) is 9.90 Å². The van der Waals surface area contributed by atoms with Gasteiger partial charge in [0.25, 0.3) is 0 Å². The summed E-state index contributed by atoms with van der Waals surface area (Å²) in [6.07, 6.45) is 0.233. The fourth-order valence-corrected chi connectivity index (χ4v) is 6.77. The van der Waals surface area contributed by atoms with Crippen LogP contribution in [0.5, 0.6) is 17.2 Å². The van der Waals surface area contributed by atoms with Crippen molar-refractivity contribution in [2.75, 3.05) is 46.8 Å². The Morgan fingerprint density at radius 1 is 0.840 bits per heavy atom. The van der Waals surface area contributed by atoms with Gasteiger partial charge in [-0.05, 0) is 70.8 Å². The summed E-state index contributed by atoms with van der Waals surface area (Å²) in [6.45, 7) is 10.7. The molecule has 0 aliphatic carbocycles. The van der Waals surface area contributed by atoms with Crippen molar-refractivity contribution in [1.29, 1.82) is 0 Å². The Kier molecular flexibility index (Phi) is 13.6. The number of para-hydroxylation sites is 1. The molecule has 1 fully saturated rings. The van der Waals surface area contributed by atoms with Crippen molar-refractivity contribution < 1.29 is 38.3 Å². The molecule has 4 aromatic rings. The molecule has 0 radical (unpaired) electrons. The molecule has 1 saturated heterocycles. The Morgan fingerprint density at radius 3 is 2.40 bits per heavy atom. The molecule has 1 N–H and O–H groups in total. The van der Waals surface area contributed by atoms with E-state index in [0.29, 0.717) is 52.5 Å². The van der Waals surface area contributed by atoms with Crippen LogP contribution in [0.15, 0.2) is 84.9 Å². The smallest absolute Gasteiger partial charge is 0.407 e. The third-order valence-corrected chi connectivity index (χ3v) is 10.6. The third kappa shape index (κ3) is 11.2. The van der Waals surface area contributed by atoms with Crippen LogP contribution < -0.4 is 14.2 Å². The van der Waals surface area contributed by atoms with E-state index in [1.165, 1.54) is 4.90 Å². The summed E-state index contributed by atoms with van der Waals surface area (Å²) in [6, 6.07) is 29.3. The first-order valence-electron chi connectivity index (χ1n) is 17.4. The molecular weight excluding hydrogens is 651 g/mol. The van der Waals surface area contributed by atoms with E-state index in [2.05, 4.69) is 50.0 Å².